The molecule has 6 aromatic rings. The van der Waals surface area contributed by atoms with Crippen molar-refractivity contribution in [3.8, 4) is 33.4 Å². The molecule has 6 aliphatic rings. The molecule has 0 atom stereocenters. The van der Waals surface area contributed by atoms with Crippen molar-refractivity contribution in [3.05, 3.63) is 162 Å². The predicted octanol–water partition coefficient (Wildman–Crippen LogP) is 14.6. The number of nitrogens with zero attached hydrogens (tertiary/aromatic N) is 1. The lowest BCUT2D eigenvalue weighted by atomic mass is 9.43. The Kier molecular flexibility index (Phi) is 7.34. The van der Waals surface area contributed by atoms with Crippen molar-refractivity contribution in [2.24, 2.45) is 23.7 Å². The maximum Gasteiger partial charge on any atom is 0.0467 e. The summed E-state index contributed by atoms with van der Waals surface area (Å²) in [6, 6.07) is 53.6. The fourth-order valence-corrected chi connectivity index (χ4v) is 12.8. The predicted molar refractivity (Wildman–Crippen MR) is 231 cm³/mol. The first-order valence-electron chi connectivity index (χ1n) is 21.1. The number of rotatable bonds is 5. The molecule has 274 valence electrons. The van der Waals surface area contributed by atoms with Crippen LogP contribution in [0.5, 0.6) is 0 Å². The lowest BCUT2D eigenvalue weighted by Crippen LogP contribution is -2.55. The van der Waals surface area contributed by atoms with Gasteiger partial charge in [-0.2, -0.15) is 0 Å². The van der Waals surface area contributed by atoms with E-state index in [0.717, 1.165) is 23.7 Å². The molecule has 0 amide bonds. The fourth-order valence-electron chi connectivity index (χ4n) is 12.8. The second-order valence-corrected chi connectivity index (χ2v) is 19.3. The van der Waals surface area contributed by atoms with E-state index in [0.29, 0.717) is 0 Å². The molecule has 1 nitrogen and oxygen atoms in total. The topological polar surface area (TPSA) is 3.24 Å². The molecule has 6 aliphatic carbocycles. The Bertz CT molecular complexity index is 2420. The first-order chi connectivity index (χ1) is 26.7. The van der Waals surface area contributed by atoms with Crippen LogP contribution in [0.3, 0.4) is 0 Å². The summed E-state index contributed by atoms with van der Waals surface area (Å²) in [4.78, 5) is 2.48. The van der Waals surface area contributed by atoms with E-state index >= 15 is 0 Å². The monoisotopic (exact) mass is 715 g/mol. The molecular formula is C54H53N. The number of hydrogen-bond acceptors (Lipinski definition) is 1. The maximum atomic E-state index is 2.63. The molecule has 0 saturated heterocycles. The summed E-state index contributed by atoms with van der Waals surface area (Å²) in [7, 11) is 0. The first kappa shape index (κ1) is 33.5. The largest absolute Gasteiger partial charge is 0.310 e. The van der Waals surface area contributed by atoms with Crippen LogP contribution in [0, 0.1) is 23.7 Å². The molecule has 4 bridgehead atoms. The van der Waals surface area contributed by atoms with E-state index in [2.05, 4.69) is 172 Å². The van der Waals surface area contributed by atoms with Crippen LogP contribution < -0.4 is 4.90 Å². The van der Waals surface area contributed by atoms with Gasteiger partial charge in [-0.1, -0.05) is 125 Å². The second-order valence-electron chi connectivity index (χ2n) is 19.3. The van der Waals surface area contributed by atoms with E-state index in [9.17, 15) is 0 Å². The highest BCUT2D eigenvalue weighted by atomic mass is 15.1. The van der Waals surface area contributed by atoms with Gasteiger partial charge in [-0.3, -0.25) is 0 Å². The van der Waals surface area contributed by atoms with Gasteiger partial charge in [0.15, 0.2) is 0 Å². The minimum Gasteiger partial charge on any atom is -0.310 e. The van der Waals surface area contributed by atoms with Gasteiger partial charge < -0.3 is 4.90 Å². The number of hydrogen-bond donors (Lipinski definition) is 0. The third-order valence-electron chi connectivity index (χ3n) is 15.3. The van der Waals surface area contributed by atoms with Gasteiger partial charge >= 0.3 is 0 Å². The summed E-state index contributed by atoms with van der Waals surface area (Å²) in [5.41, 5.74) is 18.4. The van der Waals surface area contributed by atoms with Crippen LogP contribution in [0.4, 0.5) is 17.1 Å². The quantitative estimate of drug-likeness (QED) is 0.172. The second kappa shape index (κ2) is 12.1. The number of fused-ring (bicyclic) bond motifs is 4. The van der Waals surface area contributed by atoms with Crippen LogP contribution in [0.2, 0.25) is 0 Å². The van der Waals surface area contributed by atoms with Crippen molar-refractivity contribution in [1.82, 2.24) is 0 Å². The highest BCUT2D eigenvalue weighted by Gasteiger charge is 2.61. The molecule has 0 unspecified atom stereocenters. The van der Waals surface area contributed by atoms with Gasteiger partial charge in [-0.15, -0.1) is 0 Å². The Hall–Kier alpha value is -4.88. The Morgan fingerprint density at radius 1 is 0.400 bits per heavy atom. The average molecular weight is 716 g/mol. The highest BCUT2D eigenvalue weighted by Crippen LogP contribution is 2.69. The highest BCUT2D eigenvalue weighted by molar-refractivity contribution is 5.86. The third kappa shape index (κ3) is 5.04. The van der Waals surface area contributed by atoms with Crippen LogP contribution in [0.15, 0.2) is 140 Å². The summed E-state index contributed by atoms with van der Waals surface area (Å²) in [5, 5.41) is 0. The molecule has 4 fully saturated rings. The molecule has 1 heteroatoms. The van der Waals surface area contributed by atoms with Gasteiger partial charge in [0.05, 0.1) is 0 Å². The zero-order valence-corrected chi connectivity index (χ0v) is 33.0. The van der Waals surface area contributed by atoms with E-state index in [1.54, 1.807) is 11.1 Å². The summed E-state index contributed by atoms with van der Waals surface area (Å²) in [6.07, 6.45) is 9.56. The van der Waals surface area contributed by atoms with Crippen LogP contribution in [-0.2, 0) is 16.2 Å². The lowest BCUT2D eigenvalue weighted by Gasteiger charge is -2.61. The van der Waals surface area contributed by atoms with Gasteiger partial charge in [-0.05, 0) is 178 Å². The van der Waals surface area contributed by atoms with Crippen LogP contribution in [0.1, 0.15) is 94.9 Å². The molecule has 4 saturated carbocycles. The van der Waals surface area contributed by atoms with E-state index in [1.165, 1.54) is 107 Å². The Labute approximate surface area is 328 Å². The zero-order chi connectivity index (χ0) is 37.1. The molecule has 0 radical (unpaired) electrons. The number of anilines is 3. The standard InChI is InChI=1S/C54H53N/c1-52(2)25-26-53(3,4)51-34-45(22-24-49(51)52)55(44-14-10-13-39(32-44)37-11-6-5-7-12-37)43-20-17-38(18-21-43)40-19-23-47-46-15-8-9-16-48(46)54(50(47)33-40)41-28-35-27-36(30-41)31-42(54)29-35/h5-24,32-36,41-42H,25-31H2,1-4H3. The Balaban J connectivity index is 1.02. The minimum absolute atomic E-state index is 0.129. The van der Waals surface area contributed by atoms with Crippen molar-refractivity contribution < 1.29 is 0 Å². The maximum absolute atomic E-state index is 2.63. The third-order valence-corrected chi connectivity index (χ3v) is 15.3. The molecule has 55 heavy (non-hydrogen) atoms. The average Bonchev–Trinajstić information content (AvgIpc) is 3.49. The molecule has 0 heterocycles. The van der Waals surface area contributed by atoms with E-state index < -0.39 is 0 Å². The molecular weight excluding hydrogens is 663 g/mol. The lowest BCUT2D eigenvalue weighted by molar-refractivity contribution is -0.0399. The SMILES string of the molecule is CC1(C)CCC(C)(C)c2cc(N(c3ccc(-c4ccc5c(c4)C4(c6ccccc6-5)C5CC6CC(C5)CC4C6)cc3)c3cccc(-c4ccccc4)c3)ccc21. The Morgan fingerprint density at radius 3 is 1.71 bits per heavy atom. The summed E-state index contributed by atoms with van der Waals surface area (Å²) in [6.45, 7) is 9.71. The van der Waals surface area contributed by atoms with E-state index in [4.69, 9.17) is 0 Å². The van der Waals surface area contributed by atoms with Crippen molar-refractivity contribution in [3.63, 3.8) is 0 Å². The number of benzene rings is 6. The summed E-state index contributed by atoms with van der Waals surface area (Å²) in [5.74, 6) is 3.44. The normalized spacial score (nSPS) is 26.0. The van der Waals surface area contributed by atoms with Crippen molar-refractivity contribution >= 4 is 17.1 Å². The van der Waals surface area contributed by atoms with Crippen molar-refractivity contribution in [2.45, 2.75) is 88.9 Å². The molecule has 0 aliphatic heterocycles. The van der Waals surface area contributed by atoms with Crippen molar-refractivity contribution in [1.29, 1.82) is 0 Å². The smallest absolute Gasteiger partial charge is 0.0467 e. The van der Waals surface area contributed by atoms with E-state index in [-0.39, 0.29) is 16.2 Å². The van der Waals surface area contributed by atoms with Gasteiger partial charge in [-0.25, -0.2) is 0 Å². The van der Waals surface area contributed by atoms with Crippen LogP contribution in [0.25, 0.3) is 33.4 Å². The van der Waals surface area contributed by atoms with Gasteiger partial charge in [0, 0.05) is 22.5 Å². The fraction of sp³-hybridized carbons (Fsp3) is 0.333. The molecule has 12 rings (SSSR count). The van der Waals surface area contributed by atoms with E-state index in [1.807, 2.05) is 0 Å². The Morgan fingerprint density at radius 2 is 0.964 bits per heavy atom. The van der Waals surface area contributed by atoms with Crippen LogP contribution in [-0.4, -0.2) is 0 Å². The molecule has 6 aromatic carbocycles. The molecule has 1 spiro atoms. The summed E-state index contributed by atoms with van der Waals surface area (Å²) >= 11 is 0. The van der Waals surface area contributed by atoms with Crippen molar-refractivity contribution in [2.75, 3.05) is 4.90 Å². The van der Waals surface area contributed by atoms with Gasteiger partial charge in [0.2, 0.25) is 0 Å². The van der Waals surface area contributed by atoms with Crippen LogP contribution >= 0.6 is 0 Å². The molecule has 0 aromatic heterocycles. The zero-order valence-electron chi connectivity index (χ0n) is 33.0. The van der Waals surface area contributed by atoms with Gasteiger partial charge in [0.1, 0.15) is 0 Å². The van der Waals surface area contributed by atoms with Gasteiger partial charge in [0.25, 0.3) is 0 Å². The minimum atomic E-state index is 0.129. The molecule has 0 N–H and O–H groups in total. The summed E-state index contributed by atoms with van der Waals surface area (Å²) < 4.78 is 0. The first-order valence-corrected chi connectivity index (χ1v) is 21.1.